The van der Waals surface area contributed by atoms with Crippen molar-refractivity contribution in [3.8, 4) is 0 Å². The molecule has 1 aliphatic rings. The molecule has 5 nitrogen and oxygen atoms in total. The van der Waals surface area contributed by atoms with Crippen molar-refractivity contribution in [3.05, 3.63) is 23.7 Å². The Kier molecular flexibility index (Phi) is 4.92. The number of hydrogen-bond donors (Lipinski definition) is 1. The summed E-state index contributed by atoms with van der Waals surface area (Å²) in [7, 11) is 0. The van der Waals surface area contributed by atoms with Gasteiger partial charge in [0, 0.05) is 13.1 Å². The number of hydrogen-bond acceptors (Lipinski definition) is 5. The molecule has 1 saturated heterocycles. The molecule has 1 aromatic rings. The Bertz CT molecular complexity index is 369. The molecule has 0 atom stereocenters. The van der Waals surface area contributed by atoms with E-state index in [9.17, 15) is 4.79 Å². The van der Waals surface area contributed by atoms with Crippen molar-refractivity contribution in [2.45, 2.75) is 25.5 Å². The molecule has 0 bridgehead atoms. The van der Waals surface area contributed by atoms with E-state index in [0.717, 1.165) is 44.5 Å². The molecule has 0 unspecified atom stereocenters. The van der Waals surface area contributed by atoms with Crippen molar-refractivity contribution in [1.29, 1.82) is 0 Å². The summed E-state index contributed by atoms with van der Waals surface area (Å²) < 4.78 is 10.9. The van der Waals surface area contributed by atoms with Crippen molar-refractivity contribution >= 4 is 6.29 Å². The summed E-state index contributed by atoms with van der Waals surface area (Å²) in [5.74, 6) is 1.21. The molecule has 0 aliphatic carbocycles. The van der Waals surface area contributed by atoms with E-state index in [1.807, 2.05) is 6.07 Å². The first kappa shape index (κ1) is 13.3. The number of furan rings is 1. The number of aliphatic hydroxyl groups is 1. The third-order valence-electron chi connectivity index (χ3n) is 3.16. The summed E-state index contributed by atoms with van der Waals surface area (Å²) in [4.78, 5) is 12.8. The smallest absolute Gasteiger partial charge is 0.185 e. The third kappa shape index (κ3) is 3.66. The number of nitrogens with zero attached hydrogens (tertiary/aromatic N) is 1. The lowest BCUT2D eigenvalue weighted by Crippen LogP contribution is -2.36. The third-order valence-corrected chi connectivity index (χ3v) is 3.16. The number of carbonyl (C=O) groups is 1. The van der Waals surface area contributed by atoms with Crippen molar-refractivity contribution in [3.63, 3.8) is 0 Å². The van der Waals surface area contributed by atoms with E-state index in [2.05, 4.69) is 4.90 Å². The number of carbonyl (C=O) groups excluding carboxylic acids is 1. The van der Waals surface area contributed by atoms with Gasteiger partial charge in [0.15, 0.2) is 12.0 Å². The van der Waals surface area contributed by atoms with Gasteiger partial charge in [0.1, 0.15) is 5.76 Å². The molecule has 2 rings (SSSR count). The SMILES string of the molecule is O=Cc1ccc(CN2CCC(OCCO)CC2)o1. The van der Waals surface area contributed by atoms with E-state index in [-0.39, 0.29) is 12.7 Å². The Morgan fingerprint density at radius 3 is 2.83 bits per heavy atom. The fraction of sp³-hybridized carbons (Fsp3) is 0.615. The van der Waals surface area contributed by atoms with E-state index in [1.54, 1.807) is 6.07 Å². The van der Waals surface area contributed by atoms with E-state index in [0.29, 0.717) is 12.4 Å². The summed E-state index contributed by atoms with van der Waals surface area (Å²) in [5.41, 5.74) is 0. The fourth-order valence-corrected chi connectivity index (χ4v) is 2.22. The van der Waals surface area contributed by atoms with Crippen LogP contribution in [-0.4, -0.2) is 48.7 Å². The van der Waals surface area contributed by atoms with Crippen LogP contribution in [0.5, 0.6) is 0 Å². The summed E-state index contributed by atoms with van der Waals surface area (Å²) in [6.07, 6.45) is 2.93. The second-order valence-electron chi connectivity index (χ2n) is 4.49. The molecule has 100 valence electrons. The Morgan fingerprint density at radius 2 is 2.22 bits per heavy atom. The molecule has 18 heavy (non-hydrogen) atoms. The Hall–Kier alpha value is -1.17. The van der Waals surface area contributed by atoms with Crippen LogP contribution in [0.3, 0.4) is 0 Å². The summed E-state index contributed by atoms with van der Waals surface area (Å²) >= 11 is 0. The van der Waals surface area contributed by atoms with Crippen molar-refractivity contribution < 1.29 is 19.1 Å². The van der Waals surface area contributed by atoms with Crippen LogP contribution in [0.4, 0.5) is 0 Å². The van der Waals surface area contributed by atoms with Crippen LogP contribution < -0.4 is 0 Å². The predicted molar refractivity (Wildman–Crippen MR) is 65.4 cm³/mol. The second kappa shape index (κ2) is 6.68. The number of rotatable bonds is 6. The van der Waals surface area contributed by atoms with Crippen LogP contribution in [0.1, 0.15) is 29.2 Å². The lowest BCUT2D eigenvalue weighted by atomic mass is 10.1. The number of piperidine rings is 1. The minimum absolute atomic E-state index is 0.0844. The molecule has 0 aromatic carbocycles. The lowest BCUT2D eigenvalue weighted by Gasteiger charge is -2.31. The zero-order chi connectivity index (χ0) is 12.8. The first-order valence-electron chi connectivity index (χ1n) is 6.30. The average molecular weight is 253 g/mol. The Balaban J connectivity index is 1.74. The zero-order valence-corrected chi connectivity index (χ0v) is 10.4. The average Bonchev–Trinajstić information content (AvgIpc) is 2.86. The highest BCUT2D eigenvalue weighted by molar-refractivity contribution is 5.70. The molecule has 0 amide bonds. The lowest BCUT2D eigenvalue weighted by molar-refractivity contribution is -0.00993. The molecule has 0 radical (unpaired) electrons. The van der Waals surface area contributed by atoms with E-state index in [1.165, 1.54) is 0 Å². The summed E-state index contributed by atoms with van der Waals surface area (Å²) in [5, 5.41) is 8.69. The highest BCUT2D eigenvalue weighted by atomic mass is 16.5. The topological polar surface area (TPSA) is 62.9 Å². The standard InChI is InChI=1S/C13H19NO4/c15-7-8-17-11-3-5-14(6-4-11)9-12-1-2-13(10-16)18-12/h1-2,10-11,15H,3-9H2. The van der Waals surface area contributed by atoms with Gasteiger partial charge in [0.05, 0.1) is 25.9 Å². The minimum Gasteiger partial charge on any atom is -0.457 e. The molecule has 1 N–H and O–H groups in total. The first-order valence-corrected chi connectivity index (χ1v) is 6.30. The van der Waals surface area contributed by atoms with Gasteiger partial charge in [-0.25, -0.2) is 0 Å². The second-order valence-corrected chi connectivity index (χ2v) is 4.49. The van der Waals surface area contributed by atoms with Gasteiger partial charge >= 0.3 is 0 Å². The monoisotopic (exact) mass is 253 g/mol. The minimum atomic E-state index is 0.0844. The van der Waals surface area contributed by atoms with Crippen LogP contribution in [0, 0.1) is 0 Å². The van der Waals surface area contributed by atoms with Gasteiger partial charge < -0.3 is 14.3 Å². The van der Waals surface area contributed by atoms with Crippen LogP contribution in [0.25, 0.3) is 0 Å². The van der Waals surface area contributed by atoms with E-state index >= 15 is 0 Å². The van der Waals surface area contributed by atoms with Crippen molar-refractivity contribution in [1.82, 2.24) is 4.90 Å². The summed E-state index contributed by atoms with van der Waals surface area (Å²) in [6, 6.07) is 3.54. The quantitative estimate of drug-likeness (QED) is 0.768. The van der Waals surface area contributed by atoms with Gasteiger partial charge in [0.25, 0.3) is 0 Å². The Morgan fingerprint density at radius 1 is 1.44 bits per heavy atom. The van der Waals surface area contributed by atoms with Gasteiger partial charge in [-0.1, -0.05) is 0 Å². The van der Waals surface area contributed by atoms with Crippen LogP contribution in [0.2, 0.25) is 0 Å². The van der Waals surface area contributed by atoms with Gasteiger partial charge in [-0.2, -0.15) is 0 Å². The first-order chi connectivity index (χ1) is 8.81. The number of aldehydes is 1. The molecule has 2 heterocycles. The molecule has 5 heteroatoms. The van der Waals surface area contributed by atoms with E-state index < -0.39 is 0 Å². The van der Waals surface area contributed by atoms with Crippen LogP contribution in [-0.2, 0) is 11.3 Å². The molecule has 1 fully saturated rings. The maximum absolute atomic E-state index is 10.5. The maximum atomic E-state index is 10.5. The fourth-order valence-electron chi connectivity index (χ4n) is 2.22. The highest BCUT2D eigenvalue weighted by Gasteiger charge is 2.20. The normalized spacial score (nSPS) is 18.1. The number of ether oxygens (including phenoxy) is 1. The maximum Gasteiger partial charge on any atom is 0.185 e. The number of likely N-dealkylation sites (tertiary alicyclic amines) is 1. The van der Waals surface area contributed by atoms with Crippen molar-refractivity contribution in [2.75, 3.05) is 26.3 Å². The van der Waals surface area contributed by atoms with Crippen LogP contribution >= 0.6 is 0 Å². The van der Waals surface area contributed by atoms with Crippen LogP contribution in [0.15, 0.2) is 16.5 Å². The molecule has 0 saturated carbocycles. The van der Waals surface area contributed by atoms with Gasteiger partial charge in [0.2, 0.25) is 0 Å². The highest BCUT2D eigenvalue weighted by Crippen LogP contribution is 2.17. The number of aliphatic hydroxyl groups excluding tert-OH is 1. The van der Waals surface area contributed by atoms with E-state index in [4.69, 9.17) is 14.3 Å². The molecule has 1 aromatic heterocycles. The largest absolute Gasteiger partial charge is 0.457 e. The zero-order valence-electron chi connectivity index (χ0n) is 10.4. The predicted octanol–water partition coefficient (Wildman–Crippen LogP) is 1.07. The molecular formula is C13H19NO4. The molecular weight excluding hydrogens is 234 g/mol. The molecule has 1 aliphatic heterocycles. The Labute approximate surface area is 106 Å². The summed E-state index contributed by atoms with van der Waals surface area (Å²) in [6.45, 7) is 3.15. The van der Waals surface area contributed by atoms with Crippen molar-refractivity contribution in [2.24, 2.45) is 0 Å². The van der Waals surface area contributed by atoms with Gasteiger partial charge in [-0.05, 0) is 25.0 Å². The van der Waals surface area contributed by atoms with Gasteiger partial charge in [-0.15, -0.1) is 0 Å². The van der Waals surface area contributed by atoms with Gasteiger partial charge in [-0.3, -0.25) is 9.69 Å². The molecule has 0 spiro atoms.